The van der Waals surface area contributed by atoms with Gasteiger partial charge in [-0.1, -0.05) is 23.7 Å². The van der Waals surface area contributed by atoms with E-state index in [1.54, 1.807) is 0 Å². The van der Waals surface area contributed by atoms with Crippen LogP contribution in [0.3, 0.4) is 0 Å². The third-order valence-electron chi connectivity index (χ3n) is 3.20. The van der Waals surface area contributed by atoms with Crippen molar-refractivity contribution in [3.05, 3.63) is 53.1 Å². The van der Waals surface area contributed by atoms with Crippen LogP contribution in [0, 0.1) is 0 Å². The van der Waals surface area contributed by atoms with Crippen molar-refractivity contribution in [3.63, 3.8) is 0 Å². The number of ether oxygens (including phenoxy) is 1. The summed E-state index contributed by atoms with van der Waals surface area (Å²) in [4.78, 5) is 2.02. The highest BCUT2D eigenvalue weighted by molar-refractivity contribution is 6.31. The maximum atomic E-state index is 6.35. The van der Waals surface area contributed by atoms with Gasteiger partial charge in [0.1, 0.15) is 5.75 Å². The summed E-state index contributed by atoms with van der Waals surface area (Å²) in [7, 11) is 3.98. The van der Waals surface area contributed by atoms with Crippen LogP contribution < -0.4 is 15.0 Å². The molecule has 4 heteroatoms. The fraction of sp³-hybridized carbons (Fsp3) is 0.200. The molecule has 0 aliphatic carbocycles. The number of nitrogens with zero attached hydrogens (tertiary/aromatic N) is 1. The van der Waals surface area contributed by atoms with E-state index in [1.165, 1.54) is 0 Å². The molecule has 1 unspecified atom stereocenters. The summed E-state index contributed by atoms with van der Waals surface area (Å²) in [5.41, 5.74) is 3.02. The lowest BCUT2D eigenvalue weighted by atomic mass is 10.1. The third kappa shape index (κ3) is 2.22. The van der Waals surface area contributed by atoms with Crippen molar-refractivity contribution in [2.75, 3.05) is 24.3 Å². The van der Waals surface area contributed by atoms with E-state index in [2.05, 4.69) is 5.32 Å². The molecular weight excluding hydrogens is 260 g/mol. The first-order valence-electron chi connectivity index (χ1n) is 6.14. The van der Waals surface area contributed by atoms with E-state index in [9.17, 15) is 0 Å². The van der Waals surface area contributed by atoms with Gasteiger partial charge >= 0.3 is 0 Å². The summed E-state index contributed by atoms with van der Waals surface area (Å²) in [5.74, 6) is 0.861. The van der Waals surface area contributed by atoms with Crippen LogP contribution >= 0.6 is 11.6 Å². The van der Waals surface area contributed by atoms with E-state index < -0.39 is 0 Å². The van der Waals surface area contributed by atoms with E-state index in [1.807, 2.05) is 61.5 Å². The number of para-hydroxylation sites is 2. The Kier molecular flexibility index (Phi) is 2.99. The van der Waals surface area contributed by atoms with Crippen molar-refractivity contribution in [1.29, 1.82) is 0 Å². The zero-order chi connectivity index (χ0) is 13.4. The van der Waals surface area contributed by atoms with Crippen LogP contribution in [0.4, 0.5) is 11.4 Å². The Bertz CT molecular complexity index is 588. The summed E-state index contributed by atoms with van der Waals surface area (Å²) in [6, 6.07) is 13.9. The van der Waals surface area contributed by atoms with Crippen LogP contribution in [0.2, 0.25) is 5.02 Å². The topological polar surface area (TPSA) is 24.5 Å². The first-order chi connectivity index (χ1) is 9.15. The van der Waals surface area contributed by atoms with Gasteiger partial charge < -0.3 is 15.0 Å². The predicted molar refractivity (Wildman–Crippen MR) is 79.2 cm³/mol. The smallest absolute Gasteiger partial charge is 0.198 e. The van der Waals surface area contributed by atoms with Crippen LogP contribution in [0.1, 0.15) is 11.8 Å². The number of rotatable bonds is 2. The quantitative estimate of drug-likeness (QED) is 0.899. The van der Waals surface area contributed by atoms with Crippen LogP contribution in [0.5, 0.6) is 5.75 Å². The molecule has 1 N–H and O–H groups in total. The van der Waals surface area contributed by atoms with Gasteiger partial charge in [-0.05, 0) is 30.3 Å². The fourth-order valence-corrected chi connectivity index (χ4v) is 2.41. The molecule has 0 saturated heterocycles. The minimum atomic E-state index is -0.221. The Morgan fingerprint density at radius 1 is 1.16 bits per heavy atom. The monoisotopic (exact) mass is 274 g/mol. The molecular formula is C15H15ClN2O. The number of nitrogens with one attached hydrogen (secondary N) is 1. The Morgan fingerprint density at radius 3 is 2.63 bits per heavy atom. The highest BCUT2D eigenvalue weighted by atomic mass is 35.5. The fourth-order valence-electron chi connectivity index (χ4n) is 2.13. The Labute approximate surface area is 117 Å². The van der Waals surface area contributed by atoms with Crippen molar-refractivity contribution in [3.8, 4) is 5.75 Å². The third-order valence-corrected chi connectivity index (χ3v) is 3.53. The summed E-state index contributed by atoms with van der Waals surface area (Å²) < 4.78 is 5.86. The van der Waals surface area contributed by atoms with Crippen molar-refractivity contribution in [1.82, 2.24) is 0 Å². The maximum absolute atomic E-state index is 6.35. The molecule has 0 saturated carbocycles. The summed E-state index contributed by atoms with van der Waals surface area (Å²) in [6.45, 7) is 0. The van der Waals surface area contributed by atoms with Gasteiger partial charge in [-0.3, -0.25) is 0 Å². The maximum Gasteiger partial charge on any atom is 0.198 e. The molecule has 2 aromatic carbocycles. The second-order valence-electron chi connectivity index (χ2n) is 4.74. The molecule has 3 rings (SSSR count). The van der Waals surface area contributed by atoms with Crippen LogP contribution in [0.25, 0.3) is 0 Å². The van der Waals surface area contributed by atoms with Crippen LogP contribution in [0.15, 0.2) is 42.5 Å². The van der Waals surface area contributed by atoms with Gasteiger partial charge in [-0.2, -0.15) is 0 Å². The second-order valence-corrected chi connectivity index (χ2v) is 5.15. The number of hydrogen-bond donors (Lipinski definition) is 1. The Balaban J connectivity index is 1.89. The molecule has 0 fully saturated rings. The average molecular weight is 275 g/mol. The lowest BCUT2D eigenvalue weighted by molar-refractivity contribution is 0.260. The number of benzene rings is 2. The van der Waals surface area contributed by atoms with Gasteiger partial charge in [-0.15, -0.1) is 0 Å². The summed E-state index contributed by atoms with van der Waals surface area (Å²) in [6.07, 6.45) is -0.221. The molecule has 0 spiro atoms. The van der Waals surface area contributed by atoms with Gasteiger partial charge in [0, 0.05) is 25.3 Å². The number of halogens is 1. The van der Waals surface area contributed by atoms with Crippen molar-refractivity contribution < 1.29 is 4.74 Å². The van der Waals surface area contributed by atoms with Crippen LogP contribution in [-0.2, 0) is 0 Å². The molecule has 0 amide bonds. The molecule has 98 valence electrons. The second kappa shape index (κ2) is 4.67. The zero-order valence-corrected chi connectivity index (χ0v) is 11.6. The van der Waals surface area contributed by atoms with E-state index in [0.717, 1.165) is 22.7 Å². The first-order valence-corrected chi connectivity index (χ1v) is 6.52. The van der Waals surface area contributed by atoms with Gasteiger partial charge in [0.25, 0.3) is 0 Å². The standard InChI is InChI=1S/C15H15ClN2O/c1-18(2)10-7-8-11(12(16)9-10)15-17-13-5-3-4-6-14(13)19-15/h3-9,15,17H,1-2H3. The van der Waals surface area contributed by atoms with Crippen molar-refractivity contribution in [2.45, 2.75) is 6.23 Å². The highest BCUT2D eigenvalue weighted by Gasteiger charge is 2.24. The molecule has 2 aromatic rings. The van der Waals surface area contributed by atoms with Crippen molar-refractivity contribution >= 4 is 23.0 Å². The normalized spacial score (nSPS) is 16.5. The van der Waals surface area contributed by atoms with Crippen LogP contribution in [-0.4, -0.2) is 14.1 Å². The lowest BCUT2D eigenvalue weighted by Crippen LogP contribution is -2.12. The van der Waals surface area contributed by atoms with Gasteiger partial charge in [-0.25, -0.2) is 0 Å². The molecule has 1 aliphatic rings. The molecule has 1 atom stereocenters. The molecule has 1 aliphatic heterocycles. The Morgan fingerprint density at radius 2 is 1.95 bits per heavy atom. The SMILES string of the molecule is CN(C)c1ccc(C2Nc3ccccc3O2)c(Cl)c1. The Hall–Kier alpha value is -1.87. The van der Waals surface area contributed by atoms with Gasteiger partial charge in [0.15, 0.2) is 6.23 Å². The van der Waals surface area contributed by atoms with E-state index in [-0.39, 0.29) is 6.23 Å². The molecule has 0 radical (unpaired) electrons. The highest BCUT2D eigenvalue weighted by Crippen LogP contribution is 2.39. The van der Waals surface area contributed by atoms with Gasteiger partial charge in [0.2, 0.25) is 0 Å². The molecule has 19 heavy (non-hydrogen) atoms. The average Bonchev–Trinajstić information content (AvgIpc) is 2.81. The minimum absolute atomic E-state index is 0.221. The zero-order valence-electron chi connectivity index (χ0n) is 10.9. The molecule has 0 bridgehead atoms. The predicted octanol–water partition coefficient (Wildman–Crippen LogP) is 3.91. The van der Waals surface area contributed by atoms with E-state index in [4.69, 9.17) is 16.3 Å². The first kappa shape index (κ1) is 12.2. The molecule has 3 nitrogen and oxygen atoms in total. The minimum Gasteiger partial charge on any atom is -0.464 e. The summed E-state index contributed by atoms with van der Waals surface area (Å²) >= 11 is 6.35. The largest absolute Gasteiger partial charge is 0.464 e. The van der Waals surface area contributed by atoms with E-state index >= 15 is 0 Å². The number of fused-ring (bicyclic) bond motifs is 1. The van der Waals surface area contributed by atoms with E-state index in [0.29, 0.717) is 5.02 Å². The van der Waals surface area contributed by atoms with Crippen molar-refractivity contribution in [2.24, 2.45) is 0 Å². The van der Waals surface area contributed by atoms with Gasteiger partial charge in [0.05, 0.1) is 10.7 Å². The summed E-state index contributed by atoms with van der Waals surface area (Å²) in [5, 5.41) is 4.03. The lowest BCUT2D eigenvalue weighted by Gasteiger charge is -2.17. The number of hydrogen-bond acceptors (Lipinski definition) is 3. The number of anilines is 2. The molecule has 0 aromatic heterocycles. The molecule has 1 heterocycles.